The van der Waals surface area contributed by atoms with Gasteiger partial charge >= 0.3 is 0 Å². The summed E-state index contributed by atoms with van der Waals surface area (Å²) in [6.45, 7) is 13.1. The number of carbonyl (C=O) groups is 1. The molecule has 144 valence electrons. The third-order valence-electron chi connectivity index (χ3n) is 4.53. The van der Waals surface area contributed by atoms with Gasteiger partial charge in [-0.15, -0.1) is 0 Å². The molecule has 0 unspecified atom stereocenters. The molecule has 0 bridgehead atoms. The molecule has 3 rings (SSSR count). The summed E-state index contributed by atoms with van der Waals surface area (Å²) in [6.07, 6.45) is 0.888. The monoisotopic (exact) mass is 366 g/mol. The van der Waals surface area contributed by atoms with Crippen molar-refractivity contribution >= 4 is 11.6 Å². The quantitative estimate of drug-likeness (QED) is 0.715. The number of nitrogens with one attached hydrogen (secondary N) is 1. The second-order valence-electron chi connectivity index (χ2n) is 6.71. The van der Waals surface area contributed by atoms with E-state index in [1.807, 2.05) is 13.8 Å². The summed E-state index contributed by atoms with van der Waals surface area (Å²) >= 11 is 0. The molecule has 0 aromatic heterocycles. The van der Waals surface area contributed by atoms with E-state index in [0.29, 0.717) is 24.6 Å². The number of rotatable bonds is 6. The van der Waals surface area contributed by atoms with Gasteiger partial charge in [0.15, 0.2) is 0 Å². The molecule has 0 saturated carbocycles. The third-order valence-corrected chi connectivity index (χ3v) is 4.53. The highest BCUT2D eigenvalue weighted by Gasteiger charge is 2.19. The van der Waals surface area contributed by atoms with Crippen LogP contribution in [0.3, 0.4) is 0 Å². The Morgan fingerprint density at radius 1 is 1.22 bits per heavy atom. The van der Waals surface area contributed by atoms with E-state index >= 15 is 0 Å². The van der Waals surface area contributed by atoms with E-state index < -0.39 is 5.91 Å². The van der Waals surface area contributed by atoms with Crippen molar-refractivity contribution < 1.29 is 9.53 Å². The number of fused-ring (bicyclic) bond motifs is 1. The Bertz CT molecular complexity index is 808. The molecule has 4 heteroatoms. The van der Waals surface area contributed by atoms with Crippen LogP contribution in [0.1, 0.15) is 44.7 Å². The molecule has 1 aliphatic rings. The van der Waals surface area contributed by atoms with Crippen LogP contribution in [0.4, 0.5) is 5.69 Å². The van der Waals surface area contributed by atoms with E-state index in [9.17, 15) is 4.79 Å². The summed E-state index contributed by atoms with van der Waals surface area (Å²) in [5.74, 6) is 0.974. The van der Waals surface area contributed by atoms with Crippen LogP contribution in [-0.2, 0) is 11.2 Å². The fourth-order valence-electron chi connectivity index (χ4n) is 2.97. The van der Waals surface area contributed by atoms with E-state index in [0.717, 1.165) is 29.0 Å². The first kappa shape index (κ1) is 20.6. The number of hydrogen-bond acceptors (Lipinski definition) is 3. The minimum absolute atomic E-state index is 0.334. The van der Waals surface area contributed by atoms with Crippen molar-refractivity contribution in [3.8, 4) is 16.9 Å². The van der Waals surface area contributed by atoms with Gasteiger partial charge in [0.2, 0.25) is 5.91 Å². The Labute approximate surface area is 162 Å². The van der Waals surface area contributed by atoms with Gasteiger partial charge in [-0.2, -0.15) is 0 Å². The zero-order chi connectivity index (χ0) is 20.0. The molecule has 0 fully saturated rings. The third kappa shape index (κ3) is 4.91. The topological polar surface area (TPSA) is 64.3 Å². The highest BCUT2D eigenvalue weighted by atomic mass is 16.5. The van der Waals surface area contributed by atoms with Crippen molar-refractivity contribution in [1.82, 2.24) is 0 Å². The molecule has 0 atom stereocenters. The number of nitrogens with two attached hydrogens (primary N) is 1. The zero-order valence-corrected chi connectivity index (χ0v) is 16.8. The highest BCUT2D eigenvalue weighted by molar-refractivity contribution is 5.92. The van der Waals surface area contributed by atoms with Crippen LogP contribution in [-0.4, -0.2) is 19.1 Å². The molecule has 0 saturated heterocycles. The number of amides is 1. The van der Waals surface area contributed by atoms with Crippen molar-refractivity contribution in [3.63, 3.8) is 0 Å². The first-order chi connectivity index (χ1) is 13.0. The molecule has 1 amide bonds. The number of primary amides is 1. The van der Waals surface area contributed by atoms with Crippen LogP contribution >= 0.6 is 0 Å². The van der Waals surface area contributed by atoms with E-state index in [1.165, 1.54) is 11.1 Å². The van der Waals surface area contributed by atoms with Gasteiger partial charge in [0.1, 0.15) is 5.75 Å². The lowest BCUT2D eigenvalue weighted by molar-refractivity contribution is -0.114. The van der Waals surface area contributed by atoms with Crippen molar-refractivity contribution in [2.75, 3.05) is 18.5 Å². The summed E-state index contributed by atoms with van der Waals surface area (Å²) in [7, 11) is 0. The van der Waals surface area contributed by atoms with Gasteiger partial charge < -0.3 is 15.8 Å². The van der Waals surface area contributed by atoms with Crippen LogP contribution in [0.25, 0.3) is 11.1 Å². The normalized spacial score (nSPS) is 11.9. The Balaban J connectivity index is 0.00000126. The smallest absolute Gasteiger partial charge is 0.245 e. The lowest BCUT2D eigenvalue weighted by Gasteiger charge is -2.14. The van der Waals surface area contributed by atoms with Gasteiger partial charge in [0.05, 0.1) is 6.61 Å². The van der Waals surface area contributed by atoms with E-state index in [-0.39, 0.29) is 0 Å². The van der Waals surface area contributed by atoms with E-state index in [2.05, 4.69) is 62.1 Å². The molecular formula is C23H30N2O2. The number of carbonyl (C=O) groups excluding carboxylic acids is 1. The van der Waals surface area contributed by atoms with Gasteiger partial charge in [-0.05, 0) is 29.2 Å². The van der Waals surface area contributed by atoms with E-state index in [1.54, 1.807) is 0 Å². The predicted molar refractivity (Wildman–Crippen MR) is 113 cm³/mol. The molecule has 0 spiro atoms. The Morgan fingerprint density at radius 2 is 1.89 bits per heavy atom. The average molecular weight is 367 g/mol. The maximum atomic E-state index is 11.1. The molecule has 0 aliphatic carbocycles. The Kier molecular flexibility index (Phi) is 7.05. The summed E-state index contributed by atoms with van der Waals surface area (Å²) in [4.78, 5) is 11.1. The molecular weight excluding hydrogens is 336 g/mol. The molecule has 1 aliphatic heterocycles. The van der Waals surface area contributed by atoms with Crippen LogP contribution in [0.5, 0.6) is 5.75 Å². The number of benzene rings is 2. The zero-order valence-electron chi connectivity index (χ0n) is 16.8. The summed E-state index contributed by atoms with van der Waals surface area (Å²) < 4.78 is 5.86. The van der Waals surface area contributed by atoms with Crippen molar-refractivity contribution in [3.05, 3.63) is 59.7 Å². The summed E-state index contributed by atoms with van der Waals surface area (Å²) in [5, 5.41) is 3.24. The van der Waals surface area contributed by atoms with Gasteiger partial charge in [-0.25, -0.2) is 0 Å². The fraction of sp³-hybridized carbons (Fsp3) is 0.348. The second-order valence-corrected chi connectivity index (χ2v) is 6.71. The highest BCUT2D eigenvalue weighted by Crippen LogP contribution is 2.39. The Hall–Kier alpha value is -2.75. The van der Waals surface area contributed by atoms with Crippen molar-refractivity contribution in [1.29, 1.82) is 0 Å². The average Bonchev–Trinajstić information content (AvgIpc) is 3.15. The number of anilines is 1. The van der Waals surface area contributed by atoms with Crippen molar-refractivity contribution in [2.45, 2.75) is 40.0 Å². The van der Waals surface area contributed by atoms with Gasteiger partial charge in [-0.1, -0.05) is 58.5 Å². The molecule has 1 heterocycles. The first-order valence-corrected chi connectivity index (χ1v) is 9.57. The van der Waals surface area contributed by atoms with Crippen LogP contribution in [0.2, 0.25) is 0 Å². The molecule has 2 aromatic rings. The SMILES string of the molecule is C=C(CNc1cc2c(c(-c3ccc(C(C)C)cc3)c1)OCC2)C(N)=O.CC. The number of hydrogen-bond donors (Lipinski definition) is 2. The van der Waals surface area contributed by atoms with Crippen LogP contribution in [0.15, 0.2) is 48.6 Å². The predicted octanol–water partition coefficient (Wildman–Crippen LogP) is 4.89. The Morgan fingerprint density at radius 3 is 2.48 bits per heavy atom. The standard InChI is InChI=1S/C21H24N2O2.C2H6/c1-13(2)15-4-6-16(7-5-15)19-11-18(23-12-14(3)21(22)24)10-17-8-9-25-20(17)19;1-2/h4-7,10-11,13,23H,3,8-9,12H2,1-2H3,(H2,22,24);1-2H3. The number of ether oxygens (including phenoxy) is 1. The van der Waals surface area contributed by atoms with Crippen LogP contribution in [0, 0.1) is 0 Å². The molecule has 3 N–H and O–H groups in total. The lowest BCUT2D eigenvalue weighted by atomic mass is 9.96. The minimum atomic E-state index is -0.485. The van der Waals surface area contributed by atoms with Crippen LogP contribution < -0.4 is 15.8 Å². The summed E-state index contributed by atoms with van der Waals surface area (Å²) in [6, 6.07) is 12.7. The molecule has 2 aromatic carbocycles. The minimum Gasteiger partial charge on any atom is -0.492 e. The largest absolute Gasteiger partial charge is 0.492 e. The second kappa shape index (κ2) is 9.26. The summed E-state index contributed by atoms with van der Waals surface area (Å²) in [5.41, 5.74) is 11.2. The van der Waals surface area contributed by atoms with Gasteiger partial charge in [-0.3, -0.25) is 4.79 Å². The van der Waals surface area contributed by atoms with E-state index in [4.69, 9.17) is 10.5 Å². The maximum absolute atomic E-state index is 11.1. The van der Waals surface area contributed by atoms with Crippen molar-refractivity contribution in [2.24, 2.45) is 5.73 Å². The lowest BCUT2D eigenvalue weighted by Crippen LogP contribution is -2.19. The molecule has 27 heavy (non-hydrogen) atoms. The van der Waals surface area contributed by atoms with Gasteiger partial charge in [0.25, 0.3) is 0 Å². The molecule has 4 nitrogen and oxygen atoms in total. The first-order valence-electron chi connectivity index (χ1n) is 9.57. The fourth-order valence-corrected chi connectivity index (χ4v) is 2.97. The maximum Gasteiger partial charge on any atom is 0.245 e. The molecule has 0 radical (unpaired) electrons. The van der Waals surface area contributed by atoms with Gasteiger partial charge in [0, 0.05) is 35.4 Å².